The topological polar surface area (TPSA) is 92.9 Å². The van der Waals surface area contributed by atoms with Gasteiger partial charge in [0.05, 0.1) is 18.2 Å². The first-order valence-corrected chi connectivity index (χ1v) is 6.95. The molecule has 2 atom stereocenters. The summed E-state index contributed by atoms with van der Waals surface area (Å²) in [6, 6.07) is 6.95. The summed E-state index contributed by atoms with van der Waals surface area (Å²) in [6.45, 7) is 4.08. The maximum absolute atomic E-state index is 12.7. The number of carbonyl (C=O) groups is 2. The number of carboxylic acids is 1. The highest BCUT2D eigenvalue weighted by atomic mass is 16.5. The van der Waals surface area contributed by atoms with Gasteiger partial charge in [-0.3, -0.25) is 4.79 Å². The summed E-state index contributed by atoms with van der Waals surface area (Å²) in [5.74, 6) is -1.10. The van der Waals surface area contributed by atoms with Crippen LogP contribution in [0.1, 0.15) is 13.8 Å². The molecule has 0 bridgehead atoms. The third-order valence-corrected chi connectivity index (χ3v) is 3.69. The Kier molecular flexibility index (Phi) is 4.47. The van der Waals surface area contributed by atoms with Crippen molar-refractivity contribution in [3.8, 4) is 5.75 Å². The number of rotatable bonds is 4. The van der Waals surface area contributed by atoms with Gasteiger partial charge in [0.2, 0.25) is 12.0 Å². The van der Waals surface area contributed by atoms with E-state index in [0.717, 1.165) is 0 Å². The van der Waals surface area contributed by atoms with E-state index in [0.29, 0.717) is 11.4 Å². The van der Waals surface area contributed by atoms with E-state index in [1.165, 1.54) is 4.90 Å². The van der Waals surface area contributed by atoms with Crippen molar-refractivity contribution in [3.63, 3.8) is 0 Å². The van der Waals surface area contributed by atoms with Crippen LogP contribution >= 0.6 is 0 Å². The number of ether oxygens (including phenoxy) is 1. The molecule has 21 heavy (non-hydrogen) atoms. The molecular weight excluding hydrogens is 272 g/mol. The number of carboxylic acid groups (broad SMARTS) is 1. The van der Waals surface area contributed by atoms with E-state index in [2.05, 4.69) is 0 Å². The smallest absolute Gasteiger partial charge is 0.346 e. The van der Waals surface area contributed by atoms with E-state index >= 15 is 0 Å². The van der Waals surface area contributed by atoms with Crippen molar-refractivity contribution in [2.75, 3.05) is 18.0 Å². The van der Waals surface area contributed by atoms with Crippen LogP contribution in [0, 0.1) is 11.8 Å². The van der Waals surface area contributed by atoms with Crippen LogP contribution in [-0.2, 0) is 9.59 Å². The zero-order valence-electron chi connectivity index (χ0n) is 12.2. The number of anilines is 1. The number of hydrogen-bond acceptors (Lipinski definition) is 4. The number of aliphatic carboxylic acids is 1. The molecule has 6 heteroatoms. The summed E-state index contributed by atoms with van der Waals surface area (Å²) >= 11 is 0. The van der Waals surface area contributed by atoms with E-state index < -0.39 is 12.1 Å². The second-order valence-electron chi connectivity index (χ2n) is 5.45. The summed E-state index contributed by atoms with van der Waals surface area (Å²) in [7, 11) is 0. The Bertz CT molecular complexity index is 544. The van der Waals surface area contributed by atoms with E-state index in [9.17, 15) is 14.7 Å². The van der Waals surface area contributed by atoms with Crippen LogP contribution in [0.2, 0.25) is 0 Å². The number of amides is 1. The predicted octanol–water partition coefficient (Wildman–Crippen LogP) is 1.10. The molecule has 0 fully saturated rings. The Morgan fingerprint density at radius 2 is 2.10 bits per heavy atom. The highest BCUT2D eigenvalue weighted by Gasteiger charge is 2.36. The van der Waals surface area contributed by atoms with Crippen LogP contribution < -0.4 is 15.4 Å². The molecule has 1 aromatic rings. The standard InChI is InChI=1S/C15H20N2O4/c1-9(2)10(7-16)14(18)17-8-13(15(19)20)21-12-6-4-3-5-11(12)17/h3-6,9-10,13H,7-8,16H2,1-2H3,(H,19,20). The number of para-hydroxylation sites is 2. The second-order valence-corrected chi connectivity index (χ2v) is 5.45. The van der Waals surface area contributed by atoms with Crippen LogP contribution in [0.15, 0.2) is 24.3 Å². The predicted molar refractivity (Wildman–Crippen MR) is 78.2 cm³/mol. The SMILES string of the molecule is CC(C)C(CN)C(=O)N1CC(C(=O)O)Oc2ccccc21. The van der Waals surface area contributed by atoms with Crippen molar-refractivity contribution in [2.45, 2.75) is 20.0 Å². The number of benzene rings is 1. The van der Waals surface area contributed by atoms with Crippen molar-refractivity contribution in [3.05, 3.63) is 24.3 Å². The normalized spacial score (nSPS) is 18.9. The zero-order chi connectivity index (χ0) is 15.6. The second kappa shape index (κ2) is 6.13. The molecule has 114 valence electrons. The first-order valence-electron chi connectivity index (χ1n) is 6.95. The summed E-state index contributed by atoms with van der Waals surface area (Å²) < 4.78 is 5.42. The van der Waals surface area contributed by atoms with Gasteiger partial charge in [0.15, 0.2) is 0 Å². The van der Waals surface area contributed by atoms with Crippen molar-refractivity contribution in [1.29, 1.82) is 0 Å². The van der Waals surface area contributed by atoms with Crippen LogP contribution in [0.4, 0.5) is 5.69 Å². The van der Waals surface area contributed by atoms with Crippen LogP contribution in [0.3, 0.4) is 0 Å². The van der Waals surface area contributed by atoms with Gasteiger partial charge < -0.3 is 20.5 Å². The minimum absolute atomic E-state index is 0.00556. The Morgan fingerprint density at radius 3 is 2.67 bits per heavy atom. The molecule has 3 N–H and O–H groups in total. The summed E-state index contributed by atoms with van der Waals surface area (Å²) in [5, 5.41) is 9.18. The fraction of sp³-hybridized carbons (Fsp3) is 0.467. The van der Waals surface area contributed by atoms with Gasteiger partial charge in [-0.2, -0.15) is 0 Å². The Labute approximate surface area is 123 Å². The number of hydrogen-bond donors (Lipinski definition) is 2. The molecule has 1 heterocycles. The molecular formula is C15H20N2O4. The van der Waals surface area contributed by atoms with Crippen LogP contribution in [0.5, 0.6) is 5.75 Å². The minimum Gasteiger partial charge on any atom is -0.478 e. The van der Waals surface area contributed by atoms with E-state index in [1.807, 2.05) is 13.8 Å². The number of nitrogens with two attached hydrogens (primary N) is 1. The van der Waals surface area contributed by atoms with Gasteiger partial charge in [0.25, 0.3) is 0 Å². The Balaban J connectivity index is 2.37. The van der Waals surface area contributed by atoms with Gasteiger partial charge in [0.1, 0.15) is 5.75 Å². The molecule has 0 saturated carbocycles. The lowest BCUT2D eigenvalue weighted by Crippen LogP contribution is -2.50. The van der Waals surface area contributed by atoms with Gasteiger partial charge >= 0.3 is 5.97 Å². The molecule has 0 radical (unpaired) electrons. The van der Waals surface area contributed by atoms with E-state index in [-0.39, 0.29) is 30.8 Å². The lowest BCUT2D eigenvalue weighted by molar-refractivity contribution is -0.145. The number of carbonyl (C=O) groups excluding carboxylic acids is 1. The first kappa shape index (κ1) is 15.3. The van der Waals surface area contributed by atoms with Crippen LogP contribution in [0.25, 0.3) is 0 Å². The molecule has 1 aliphatic rings. The van der Waals surface area contributed by atoms with Gasteiger partial charge in [-0.25, -0.2) is 4.79 Å². The van der Waals surface area contributed by atoms with E-state index in [4.69, 9.17) is 10.5 Å². The lowest BCUT2D eigenvalue weighted by Gasteiger charge is -2.35. The van der Waals surface area contributed by atoms with Crippen molar-refractivity contribution in [2.24, 2.45) is 17.6 Å². The van der Waals surface area contributed by atoms with Crippen LogP contribution in [-0.4, -0.2) is 36.2 Å². The fourth-order valence-electron chi connectivity index (χ4n) is 2.43. The monoisotopic (exact) mass is 292 g/mol. The third-order valence-electron chi connectivity index (χ3n) is 3.69. The van der Waals surface area contributed by atoms with Crippen molar-refractivity contribution < 1.29 is 19.4 Å². The fourth-order valence-corrected chi connectivity index (χ4v) is 2.43. The molecule has 0 aliphatic carbocycles. The summed E-state index contributed by atoms with van der Waals surface area (Å²) in [6.07, 6.45) is -1.06. The number of nitrogens with zero attached hydrogens (tertiary/aromatic N) is 1. The summed E-state index contributed by atoms with van der Waals surface area (Å²) in [5.41, 5.74) is 6.30. The van der Waals surface area contributed by atoms with Crippen molar-refractivity contribution >= 4 is 17.6 Å². The Morgan fingerprint density at radius 1 is 1.43 bits per heavy atom. The van der Waals surface area contributed by atoms with Gasteiger partial charge in [-0.1, -0.05) is 26.0 Å². The first-order chi connectivity index (χ1) is 9.95. The molecule has 6 nitrogen and oxygen atoms in total. The molecule has 2 unspecified atom stereocenters. The maximum Gasteiger partial charge on any atom is 0.346 e. The minimum atomic E-state index is -1.09. The number of fused-ring (bicyclic) bond motifs is 1. The van der Waals surface area contributed by atoms with Gasteiger partial charge in [0, 0.05) is 6.54 Å². The quantitative estimate of drug-likeness (QED) is 0.866. The van der Waals surface area contributed by atoms with Crippen molar-refractivity contribution in [1.82, 2.24) is 0 Å². The Hall–Kier alpha value is -2.08. The average molecular weight is 292 g/mol. The average Bonchev–Trinajstić information content (AvgIpc) is 2.46. The third kappa shape index (κ3) is 3.00. The molecule has 0 aromatic heterocycles. The molecule has 1 amide bonds. The van der Waals surface area contributed by atoms with Gasteiger partial charge in [-0.15, -0.1) is 0 Å². The molecule has 1 aromatic carbocycles. The largest absolute Gasteiger partial charge is 0.478 e. The van der Waals surface area contributed by atoms with Gasteiger partial charge in [-0.05, 0) is 18.1 Å². The molecule has 1 aliphatic heterocycles. The maximum atomic E-state index is 12.7. The highest BCUT2D eigenvalue weighted by Crippen LogP contribution is 2.34. The lowest BCUT2D eigenvalue weighted by atomic mass is 9.93. The molecule has 0 spiro atoms. The molecule has 0 saturated heterocycles. The zero-order valence-corrected chi connectivity index (χ0v) is 12.2. The highest BCUT2D eigenvalue weighted by molar-refractivity contribution is 5.98. The summed E-state index contributed by atoms with van der Waals surface area (Å²) in [4.78, 5) is 25.4. The molecule has 2 rings (SSSR count). The van der Waals surface area contributed by atoms with E-state index in [1.54, 1.807) is 24.3 Å².